The number of carboxylic acids is 1. The smallest absolute Gasteiger partial charge is 0.326 e. The molecule has 40 heavy (non-hydrogen) atoms. The molecular weight excluding hydrogens is 508 g/mol. The number of pyridine rings is 1. The van der Waals surface area contributed by atoms with Gasteiger partial charge in [0.2, 0.25) is 5.91 Å². The van der Waals surface area contributed by atoms with E-state index in [9.17, 15) is 24.3 Å². The summed E-state index contributed by atoms with van der Waals surface area (Å²) >= 11 is 0. The Labute approximate surface area is 235 Å². The fraction of sp³-hybridized carbons (Fsp3) is 0.516. The zero-order valence-electron chi connectivity index (χ0n) is 23.7. The molecule has 3 N–H and O–H groups in total. The maximum atomic E-state index is 13.2. The summed E-state index contributed by atoms with van der Waals surface area (Å²) in [7, 11) is 0. The molecule has 2 aliphatic heterocycles. The molecule has 1 aromatic heterocycles. The number of fused-ring (bicyclic) bond motifs is 1. The highest BCUT2D eigenvalue weighted by atomic mass is 16.4. The van der Waals surface area contributed by atoms with Crippen LogP contribution < -0.4 is 10.6 Å². The highest BCUT2D eigenvalue weighted by molar-refractivity contribution is 6.01. The van der Waals surface area contributed by atoms with Gasteiger partial charge in [0.05, 0.1) is 0 Å². The first-order valence-corrected chi connectivity index (χ1v) is 14.3. The van der Waals surface area contributed by atoms with Crippen LogP contribution in [0.15, 0.2) is 24.3 Å². The van der Waals surface area contributed by atoms with Crippen molar-refractivity contribution in [2.24, 2.45) is 5.92 Å². The van der Waals surface area contributed by atoms with E-state index < -0.39 is 17.9 Å². The summed E-state index contributed by atoms with van der Waals surface area (Å²) < 4.78 is 0. The Kier molecular flexibility index (Phi) is 9.55. The predicted octanol–water partition coefficient (Wildman–Crippen LogP) is 3.96. The van der Waals surface area contributed by atoms with Crippen molar-refractivity contribution < 1.29 is 24.3 Å². The molecule has 4 rings (SSSR count). The number of likely N-dealkylation sites (tertiary alicyclic amines) is 1. The minimum atomic E-state index is -1.07. The number of aromatic nitrogens is 1. The van der Waals surface area contributed by atoms with Gasteiger partial charge >= 0.3 is 5.97 Å². The Hall–Kier alpha value is -3.75. The van der Waals surface area contributed by atoms with Gasteiger partial charge in [-0.2, -0.15) is 0 Å². The van der Waals surface area contributed by atoms with Gasteiger partial charge in [0.15, 0.2) is 5.78 Å². The van der Waals surface area contributed by atoms with Crippen molar-refractivity contribution in [3.8, 4) is 0 Å². The van der Waals surface area contributed by atoms with Crippen LogP contribution in [0.2, 0.25) is 0 Å². The summed E-state index contributed by atoms with van der Waals surface area (Å²) in [5.74, 6) is -0.474. The number of carbonyl (C=O) groups excluding carboxylic acids is 3. The number of ketones is 1. The topological polar surface area (TPSA) is 129 Å². The summed E-state index contributed by atoms with van der Waals surface area (Å²) in [6.45, 7) is 7.24. The van der Waals surface area contributed by atoms with Crippen LogP contribution in [0.25, 0.3) is 0 Å². The van der Waals surface area contributed by atoms with Crippen molar-refractivity contribution >= 4 is 29.4 Å². The minimum Gasteiger partial charge on any atom is -0.480 e. The monoisotopic (exact) mass is 548 g/mol. The SMILES string of the molecule is CCc1cc(C(C)=O)cc(C)c1C(=O)NC(CC1CCN(C(=O)CCc2ccc3c(n2)NCCC3)CC1)C(=O)O. The summed E-state index contributed by atoms with van der Waals surface area (Å²) in [6, 6.07) is 6.47. The number of nitrogens with zero attached hydrogens (tertiary/aromatic N) is 2. The van der Waals surface area contributed by atoms with Gasteiger partial charge in [-0.3, -0.25) is 14.4 Å². The third kappa shape index (κ3) is 7.06. The normalized spacial score (nSPS) is 16.0. The molecule has 1 atom stereocenters. The number of carbonyl (C=O) groups is 4. The van der Waals surface area contributed by atoms with Crippen molar-refractivity contribution in [2.45, 2.75) is 78.2 Å². The number of hydrogen-bond donors (Lipinski definition) is 3. The molecule has 1 unspecified atom stereocenters. The van der Waals surface area contributed by atoms with E-state index in [1.54, 1.807) is 19.1 Å². The molecule has 0 spiro atoms. The van der Waals surface area contributed by atoms with Gasteiger partial charge in [0.25, 0.3) is 5.91 Å². The molecule has 9 nitrogen and oxygen atoms in total. The van der Waals surface area contributed by atoms with Gasteiger partial charge in [-0.05, 0) is 99.6 Å². The lowest BCUT2D eigenvalue weighted by molar-refractivity contribution is -0.140. The number of aryl methyl sites for hydroxylation is 4. The van der Waals surface area contributed by atoms with E-state index in [4.69, 9.17) is 0 Å². The number of anilines is 1. The van der Waals surface area contributed by atoms with Crippen molar-refractivity contribution in [3.63, 3.8) is 0 Å². The molecule has 1 saturated heterocycles. The fourth-order valence-corrected chi connectivity index (χ4v) is 5.77. The predicted molar refractivity (Wildman–Crippen MR) is 153 cm³/mol. The van der Waals surface area contributed by atoms with E-state index in [1.165, 1.54) is 12.5 Å². The molecule has 0 saturated carbocycles. The van der Waals surface area contributed by atoms with Crippen molar-refractivity contribution in [1.82, 2.24) is 15.2 Å². The van der Waals surface area contributed by atoms with Crippen LogP contribution in [0.5, 0.6) is 0 Å². The number of amides is 2. The number of piperidine rings is 1. The Morgan fingerprint density at radius 3 is 2.60 bits per heavy atom. The molecule has 1 aromatic carbocycles. The molecule has 0 aliphatic carbocycles. The number of hydrogen-bond acceptors (Lipinski definition) is 6. The second-order valence-corrected chi connectivity index (χ2v) is 11.0. The van der Waals surface area contributed by atoms with Gasteiger partial charge in [0.1, 0.15) is 11.9 Å². The van der Waals surface area contributed by atoms with Crippen molar-refractivity contribution in [2.75, 3.05) is 25.0 Å². The molecule has 0 radical (unpaired) electrons. The van der Waals surface area contributed by atoms with Crippen LogP contribution in [0.3, 0.4) is 0 Å². The largest absolute Gasteiger partial charge is 0.480 e. The average molecular weight is 549 g/mol. The van der Waals surface area contributed by atoms with Gasteiger partial charge < -0.3 is 20.6 Å². The number of aliphatic carboxylic acids is 1. The molecule has 1 fully saturated rings. The van der Waals surface area contributed by atoms with Gasteiger partial charge in [-0.25, -0.2) is 9.78 Å². The number of carboxylic acid groups (broad SMARTS) is 1. The third-order valence-corrected chi connectivity index (χ3v) is 8.12. The van der Waals surface area contributed by atoms with Gasteiger partial charge in [-0.15, -0.1) is 0 Å². The maximum absolute atomic E-state index is 13.2. The highest BCUT2D eigenvalue weighted by Gasteiger charge is 2.30. The number of benzene rings is 1. The molecule has 9 heteroatoms. The summed E-state index contributed by atoms with van der Waals surface area (Å²) in [6.07, 6.45) is 5.37. The molecule has 2 aliphatic rings. The van der Waals surface area contributed by atoms with Gasteiger partial charge in [0, 0.05) is 42.9 Å². The van der Waals surface area contributed by atoms with Crippen molar-refractivity contribution in [3.05, 3.63) is 57.8 Å². The first kappa shape index (κ1) is 29.2. The molecule has 3 heterocycles. The highest BCUT2D eigenvalue weighted by Crippen LogP contribution is 2.25. The Bertz CT molecular complexity index is 1280. The van der Waals surface area contributed by atoms with Crippen LogP contribution in [0, 0.1) is 12.8 Å². The number of rotatable bonds is 10. The minimum absolute atomic E-state index is 0.0782. The zero-order chi connectivity index (χ0) is 28.8. The van der Waals surface area contributed by atoms with E-state index >= 15 is 0 Å². The standard InChI is InChI=1S/C31H40N4O5/c1-4-22-18-24(20(3)36)16-19(2)28(22)30(38)34-26(31(39)40)17-21-11-14-35(15-12-21)27(37)10-9-25-8-7-23-6-5-13-32-29(23)33-25/h7-8,16,18,21,26H,4-6,9-15,17H2,1-3H3,(H,32,33)(H,34,38)(H,39,40). The quantitative estimate of drug-likeness (QED) is 0.383. The van der Waals surface area contributed by atoms with E-state index in [-0.39, 0.29) is 17.6 Å². The first-order chi connectivity index (χ1) is 19.2. The van der Waals surface area contributed by atoms with E-state index in [1.807, 2.05) is 17.9 Å². The molecule has 2 amide bonds. The van der Waals surface area contributed by atoms with Crippen LogP contribution in [0.4, 0.5) is 5.82 Å². The van der Waals surface area contributed by atoms with E-state index in [0.717, 1.165) is 36.5 Å². The molecule has 214 valence electrons. The van der Waals surface area contributed by atoms with Gasteiger partial charge in [-0.1, -0.05) is 13.0 Å². The second kappa shape index (κ2) is 13.1. The van der Waals surface area contributed by atoms with Crippen molar-refractivity contribution in [1.29, 1.82) is 0 Å². The molecular formula is C31H40N4O5. The average Bonchev–Trinajstić information content (AvgIpc) is 2.95. The maximum Gasteiger partial charge on any atom is 0.326 e. The molecule has 2 aromatic rings. The van der Waals surface area contributed by atoms with E-state index in [0.29, 0.717) is 68.3 Å². The van der Waals surface area contributed by atoms with Crippen LogP contribution in [-0.4, -0.2) is 64.2 Å². The second-order valence-electron chi connectivity index (χ2n) is 11.0. The summed E-state index contributed by atoms with van der Waals surface area (Å²) in [5.41, 5.74) is 4.49. The Balaban J connectivity index is 1.29. The third-order valence-electron chi connectivity index (χ3n) is 8.12. The van der Waals surface area contributed by atoms with E-state index in [2.05, 4.69) is 21.7 Å². The van der Waals surface area contributed by atoms with Crippen LogP contribution in [-0.2, 0) is 28.9 Å². The Morgan fingerprint density at radius 1 is 1.18 bits per heavy atom. The zero-order valence-corrected chi connectivity index (χ0v) is 23.7. The lowest BCUT2D eigenvalue weighted by atomic mass is 9.89. The molecule has 0 bridgehead atoms. The first-order valence-electron chi connectivity index (χ1n) is 14.3. The lowest BCUT2D eigenvalue weighted by Gasteiger charge is -2.33. The summed E-state index contributed by atoms with van der Waals surface area (Å²) in [5, 5.41) is 15.9. The lowest BCUT2D eigenvalue weighted by Crippen LogP contribution is -2.45. The Morgan fingerprint density at radius 2 is 1.93 bits per heavy atom. The fourth-order valence-electron chi connectivity index (χ4n) is 5.77. The summed E-state index contributed by atoms with van der Waals surface area (Å²) in [4.78, 5) is 56.5. The van der Waals surface area contributed by atoms with Crippen LogP contribution in [0.1, 0.15) is 89.1 Å². The number of nitrogens with one attached hydrogen (secondary N) is 2. The number of Topliss-reactive ketones (excluding diaryl/α,β-unsaturated/α-hetero) is 1. The van der Waals surface area contributed by atoms with Crippen LogP contribution >= 0.6 is 0 Å².